The second-order valence-electron chi connectivity index (χ2n) is 6.23. The monoisotopic (exact) mass is 328 g/mol. The van der Waals surface area contributed by atoms with Crippen LogP contribution in [0.5, 0.6) is 11.5 Å². The molecule has 0 aliphatic carbocycles. The fraction of sp³-hybridized carbons (Fsp3) is 0.421. The maximum atomic E-state index is 5.82. The van der Waals surface area contributed by atoms with E-state index in [0.29, 0.717) is 19.1 Å². The van der Waals surface area contributed by atoms with Crippen molar-refractivity contribution in [2.24, 2.45) is 10.9 Å². The molecule has 2 heterocycles. The van der Waals surface area contributed by atoms with Gasteiger partial charge in [0.25, 0.3) is 0 Å². The maximum absolute atomic E-state index is 5.82. The summed E-state index contributed by atoms with van der Waals surface area (Å²) in [5.41, 5.74) is 2.04. The predicted octanol–water partition coefficient (Wildman–Crippen LogP) is 3.36. The van der Waals surface area contributed by atoms with Crippen LogP contribution in [0.15, 0.2) is 41.5 Å². The molecular formula is C19H24N2O3. The summed E-state index contributed by atoms with van der Waals surface area (Å²) in [6.07, 6.45) is 2.03. The first-order valence-electron chi connectivity index (χ1n) is 8.20. The lowest BCUT2D eigenvalue weighted by atomic mass is 10.1. The highest BCUT2D eigenvalue weighted by molar-refractivity contribution is 5.93. The SMILES string of the molecule is COc1cccc(Cn2cccc2C2=N[C@@H](C(C)C)CO2)c1OC. The van der Waals surface area contributed by atoms with Crippen molar-refractivity contribution < 1.29 is 14.2 Å². The Morgan fingerprint density at radius 2 is 2.04 bits per heavy atom. The number of aliphatic imine (C=N–C) groups is 1. The van der Waals surface area contributed by atoms with Gasteiger partial charge in [0.1, 0.15) is 12.3 Å². The quantitative estimate of drug-likeness (QED) is 0.817. The van der Waals surface area contributed by atoms with Crippen molar-refractivity contribution in [2.75, 3.05) is 20.8 Å². The smallest absolute Gasteiger partial charge is 0.233 e. The van der Waals surface area contributed by atoms with E-state index in [1.165, 1.54) is 0 Å². The Morgan fingerprint density at radius 1 is 1.21 bits per heavy atom. The van der Waals surface area contributed by atoms with Crippen LogP contribution in [0.2, 0.25) is 0 Å². The molecule has 5 nitrogen and oxygen atoms in total. The molecule has 1 aromatic heterocycles. The lowest BCUT2D eigenvalue weighted by molar-refractivity contribution is 0.290. The summed E-state index contributed by atoms with van der Waals surface area (Å²) >= 11 is 0. The van der Waals surface area contributed by atoms with Gasteiger partial charge in [-0.2, -0.15) is 0 Å². The normalized spacial score (nSPS) is 16.9. The molecule has 0 N–H and O–H groups in total. The molecule has 0 fully saturated rings. The molecule has 128 valence electrons. The Kier molecular flexibility index (Phi) is 4.79. The molecule has 0 saturated carbocycles. The number of benzene rings is 1. The zero-order valence-corrected chi connectivity index (χ0v) is 14.7. The molecule has 1 aliphatic heterocycles. The Bertz CT molecular complexity index is 734. The zero-order chi connectivity index (χ0) is 17.1. The summed E-state index contributed by atoms with van der Waals surface area (Å²) in [7, 11) is 3.31. The minimum atomic E-state index is 0.231. The van der Waals surface area contributed by atoms with Gasteiger partial charge in [-0.1, -0.05) is 26.0 Å². The fourth-order valence-corrected chi connectivity index (χ4v) is 2.88. The minimum Gasteiger partial charge on any atom is -0.493 e. The second-order valence-corrected chi connectivity index (χ2v) is 6.23. The fourth-order valence-electron chi connectivity index (χ4n) is 2.88. The van der Waals surface area contributed by atoms with E-state index < -0.39 is 0 Å². The first-order valence-corrected chi connectivity index (χ1v) is 8.20. The van der Waals surface area contributed by atoms with E-state index in [4.69, 9.17) is 19.2 Å². The number of rotatable bonds is 6. The van der Waals surface area contributed by atoms with Gasteiger partial charge in [0.05, 0.1) is 26.8 Å². The van der Waals surface area contributed by atoms with Crippen LogP contribution in [0.1, 0.15) is 25.1 Å². The van der Waals surface area contributed by atoms with Crippen LogP contribution in [0.25, 0.3) is 0 Å². The van der Waals surface area contributed by atoms with Gasteiger partial charge in [0.2, 0.25) is 5.90 Å². The summed E-state index contributed by atoms with van der Waals surface area (Å²) in [5, 5.41) is 0. The van der Waals surface area contributed by atoms with E-state index in [0.717, 1.165) is 28.7 Å². The van der Waals surface area contributed by atoms with E-state index in [9.17, 15) is 0 Å². The van der Waals surface area contributed by atoms with Crippen LogP contribution in [0, 0.1) is 5.92 Å². The first kappa shape index (κ1) is 16.4. The molecule has 1 aliphatic rings. The number of para-hydroxylation sites is 1. The lowest BCUT2D eigenvalue weighted by Crippen LogP contribution is -2.13. The molecule has 0 bridgehead atoms. The Labute approximate surface area is 142 Å². The molecule has 3 rings (SSSR count). The first-order chi connectivity index (χ1) is 11.6. The minimum absolute atomic E-state index is 0.231. The van der Waals surface area contributed by atoms with Crippen molar-refractivity contribution in [3.05, 3.63) is 47.8 Å². The standard InChI is InChI=1S/C19H24N2O3/c1-13(2)15-12-24-19(20-15)16-8-6-10-21(16)11-14-7-5-9-17(22-3)18(14)23-4/h5-10,13,15H,11-12H2,1-4H3/t15-/m1/s1. The topological polar surface area (TPSA) is 45.0 Å². The molecule has 1 aromatic carbocycles. The zero-order valence-electron chi connectivity index (χ0n) is 14.7. The van der Waals surface area contributed by atoms with Gasteiger partial charge in [-0.25, -0.2) is 4.99 Å². The van der Waals surface area contributed by atoms with Crippen molar-refractivity contribution in [2.45, 2.75) is 26.4 Å². The van der Waals surface area contributed by atoms with Gasteiger partial charge in [-0.15, -0.1) is 0 Å². The molecular weight excluding hydrogens is 304 g/mol. The van der Waals surface area contributed by atoms with E-state index >= 15 is 0 Å². The highest BCUT2D eigenvalue weighted by Gasteiger charge is 2.24. The van der Waals surface area contributed by atoms with E-state index in [-0.39, 0.29) is 6.04 Å². The van der Waals surface area contributed by atoms with Crippen molar-refractivity contribution in [1.29, 1.82) is 0 Å². The van der Waals surface area contributed by atoms with Crippen molar-refractivity contribution >= 4 is 5.90 Å². The van der Waals surface area contributed by atoms with Crippen LogP contribution in [0.4, 0.5) is 0 Å². The van der Waals surface area contributed by atoms with E-state index in [2.05, 4.69) is 18.4 Å². The third-order valence-corrected chi connectivity index (χ3v) is 4.32. The summed E-state index contributed by atoms with van der Waals surface area (Å²) in [6.45, 7) is 5.65. The van der Waals surface area contributed by atoms with E-state index in [1.807, 2.05) is 36.5 Å². The van der Waals surface area contributed by atoms with Crippen LogP contribution in [0.3, 0.4) is 0 Å². The molecule has 1 atom stereocenters. The number of nitrogens with zero attached hydrogens (tertiary/aromatic N) is 2. The van der Waals surface area contributed by atoms with Gasteiger partial charge in [0, 0.05) is 11.8 Å². The molecule has 2 aromatic rings. The van der Waals surface area contributed by atoms with Gasteiger partial charge in [-0.3, -0.25) is 0 Å². The molecule has 0 spiro atoms. The summed E-state index contributed by atoms with van der Waals surface area (Å²) in [5.74, 6) is 2.69. The maximum Gasteiger partial charge on any atom is 0.233 e. The lowest BCUT2D eigenvalue weighted by Gasteiger charge is -2.14. The molecule has 0 saturated heterocycles. The Hall–Kier alpha value is -2.43. The number of aromatic nitrogens is 1. The third kappa shape index (κ3) is 3.11. The summed E-state index contributed by atoms with van der Waals surface area (Å²) in [6, 6.07) is 10.2. The highest BCUT2D eigenvalue weighted by Crippen LogP contribution is 2.31. The average Bonchev–Trinajstić information content (AvgIpc) is 3.23. The van der Waals surface area contributed by atoms with Crippen LogP contribution >= 0.6 is 0 Å². The third-order valence-electron chi connectivity index (χ3n) is 4.32. The second kappa shape index (κ2) is 6.99. The van der Waals surface area contributed by atoms with Crippen molar-refractivity contribution in [3.63, 3.8) is 0 Å². The molecule has 0 unspecified atom stereocenters. The molecule has 0 radical (unpaired) electrons. The van der Waals surface area contributed by atoms with Gasteiger partial charge in [0.15, 0.2) is 11.5 Å². The number of hydrogen-bond acceptors (Lipinski definition) is 4. The summed E-state index contributed by atoms with van der Waals surface area (Å²) in [4.78, 5) is 4.73. The van der Waals surface area contributed by atoms with Gasteiger partial charge < -0.3 is 18.8 Å². The molecule has 0 amide bonds. The summed E-state index contributed by atoms with van der Waals surface area (Å²) < 4.78 is 18.9. The largest absolute Gasteiger partial charge is 0.493 e. The van der Waals surface area contributed by atoms with Gasteiger partial charge in [-0.05, 0) is 24.1 Å². The van der Waals surface area contributed by atoms with Crippen molar-refractivity contribution in [3.8, 4) is 11.5 Å². The Balaban J connectivity index is 1.89. The molecule has 5 heteroatoms. The van der Waals surface area contributed by atoms with Gasteiger partial charge >= 0.3 is 0 Å². The number of ether oxygens (including phenoxy) is 3. The average molecular weight is 328 g/mol. The Morgan fingerprint density at radius 3 is 2.71 bits per heavy atom. The number of methoxy groups -OCH3 is 2. The molecule has 24 heavy (non-hydrogen) atoms. The van der Waals surface area contributed by atoms with Crippen LogP contribution < -0.4 is 9.47 Å². The highest BCUT2D eigenvalue weighted by atomic mass is 16.5. The van der Waals surface area contributed by atoms with E-state index in [1.54, 1.807) is 14.2 Å². The number of hydrogen-bond donors (Lipinski definition) is 0. The van der Waals surface area contributed by atoms with Crippen LogP contribution in [-0.2, 0) is 11.3 Å². The predicted molar refractivity (Wildman–Crippen MR) is 94.2 cm³/mol. The van der Waals surface area contributed by atoms with Crippen LogP contribution in [-0.4, -0.2) is 37.3 Å². The van der Waals surface area contributed by atoms with Crippen molar-refractivity contribution in [1.82, 2.24) is 4.57 Å².